The van der Waals surface area contributed by atoms with E-state index in [0.717, 1.165) is 0 Å². The van der Waals surface area contributed by atoms with Gasteiger partial charge in [0, 0.05) is 12.1 Å². The summed E-state index contributed by atoms with van der Waals surface area (Å²) in [6.07, 6.45) is 2.09. The molecule has 1 aromatic heterocycles. The summed E-state index contributed by atoms with van der Waals surface area (Å²) in [5.74, 6) is 0. The molecule has 0 bridgehead atoms. The lowest BCUT2D eigenvalue weighted by Crippen LogP contribution is -2.30. The number of rotatable bonds is 2. The lowest BCUT2D eigenvalue weighted by Gasteiger charge is -2.10. The Morgan fingerprint density at radius 1 is 0.650 bits per heavy atom. The molecule has 2 aromatic carbocycles. The Hall–Kier alpha value is -2.41. The van der Waals surface area contributed by atoms with Gasteiger partial charge in [-0.05, 0) is 35.7 Å². The Morgan fingerprint density at radius 2 is 1.25 bits per heavy atom. The van der Waals surface area contributed by atoms with E-state index >= 15 is 0 Å². The van der Waals surface area contributed by atoms with Gasteiger partial charge < -0.3 is 0 Å². The molecule has 0 aliphatic heterocycles. The predicted octanol–water partition coefficient (Wildman–Crippen LogP) is 4.15. The molecule has 1 nitrogen and oxygen atoms in total. The first-order valence-electron chi connectivity index (χ1n) is 6.87. The molecule has 0 spiro atoms. The largest absolute Gasteiger partial charge is 0.212 e. The number of nitrogens with zero attached hydrogens (tertiary/aromatic N) is 1. The van der Waals surface area contributed by atoms with Crippen molar-refractivity contribution in [2.24, 2.45) is 7.05 Å². The number of benzene rings is 2. The molecule has 0 saturated carbocycles. The first-order chi connectivity index (χ1) is 9.77. The average molecular weight is 260 g/mol. The molecule has 0 amide bonds. The maximum absolute atomic E-state index is 2.20. The van der Waals surface area contributed by atoms with Gasteiger partial charge in [-0.2, -0.15) is 0 Å². The van der Waals surface area contributed by atoms with E-state index in [1.807, 2.05) is 0 Å². The van der Waals surface area contributed by atoms with Crippen LogP contribution in [0.1, 0.15) is 5.56 Å². The highest BCUT2D eigenvalue weighted by molar-refractivity contribution is 5.82. The summed E-state index contributed by atoms with van der Waals surface area (Å²) >= 11 is 0. The fourth-order valence-electron chi connectivity index (χ4n) is 2.62. The number of aryl methyl sites for hydroxylation is 2. The van der Waals surface area contributed by atoms with Crippen LogP contribution in [-0.2, 0) is 7.05 Å². The molecule has 1 heterocycles. The molecule has 0 radical (unpaired) electrons. The van der Waals surface area contributed by atoms with E-state index in [0.29, 0.717) is 0 Å². The van der Waals surface area contributed by atoms with Gasteiger partial charge in [0.25, 0.3) is 0 Å². The van der Waals surface area contributed by atoms with Gasteiger partial charge in [-0.15, -0.1) is 0 Å². The summed E-state index contributed by atoms with van der Waals surface area (Å²) in [6, 6.07) is 23.4. The average Bonchev–Trinajstić information content (AvgIpc) is 2.48. The van der Waals surface area contributed by atoms with Crippen molar-refractivity contribution in [1.82, 2.24) is 0 Å². The summed E-state index contributed by atoms with van der Waals surface area (Å²) in [4.78, 5) is 0. The number of aromatic nitrogens is 1. The monoisotopic (exact) mass is 260 g/mol. The molecular weight excluding hydrogens is 242 g/mol. The van der Waals surface area contributed by atoms with Crippen LogP contribution in [0.2, 0.25) is 0 Å². The molecule has 3 aromatic rings. The van der Waals surface area contributed by atoms with Crippen LogP contribution in [0.15, 0.2) is 72.9 Å². The van der Waals surface area contributed by atoms with Crippen LogP contribution < -0.4 is 4.57 Å². The SMILES string of the molecule is Cc1ccccc1-c1ccccc1-c1cccc[n+]1C. The van der Waals surface area contributed by atoms with Crippen LogP contribution in [0, 0.1) is 6.92 Å². The normalized spacial score (nSPS) is 10.5. The fraction of sp³-hybridized carbons (Fsp3) is 0.105. The molecule has 0 aliphatic carbocycles. The number of pyridine rings is 1. The van der Waals surface area contributed by atoms with Gasteiger partial charge >= 0.3 is 0 Å². The maximum Gasteiger partial charge on any atom is 0.212 e. The standard InChI is InChI=1S/C19H18N/c1-15-9-3-4-10-16(15)17-11-5-6-12-18(17)19-13-7-8-14-20(19)2/h3-14H,1-2H3/q+1. The molecule has 0 fully saturated rings. The summed E-state index contributed by atoms with van der Waals surface area (Å²) in [5, 5.41) is 0. The lowest BCUT2D eigenvalue weighted by atomic mass is 9.94. The Kier molecular flexibility index (Phi) is 3.34. The van der Waals surface area contributed by atoms with E-state index in [4.69, 9.17) is 0 Å². The topological polar surface area (TPSA) is 3.88 Å². The van der Waals surface area contributed by atoms with Crippen molar-refractivity contribution < 1.29 is 4.57 Å². The molecule has 0 saturated heterocycles. The van der Waals surface area contributed by atoms with Crippen molar-refractivity contribution in [3.05, 3.63) is 78.5 Å². The highest BCUT2D eigenvalue weighted by Crippen LogP contribution is 2.31. The van der Waals surface area contributed by atoms with E-state index in [1.165, 1.54) is 27.9 Å². The summed E-state index contributed by atoms with van der Waals surface area (Å²) < 4.78 is 2.16. The third-order valence-corrected chi connectivity index (χ3v) is 3.69. The first-order valence-corrected chi connectivity index (χ1v) is 6.87. The van der Waals surface area contributed by atoms with E-state index in [2.05, 4.69) is 91.5 Å². The second-order valence-electron chi connectivity index (χ2n) is 5.06. The molecule has 98 valence electrons. The highest BCUT2D eigenvalue weighted by atomic mass is 14.9. The van der Waals surface area contributed by atoms with Gasteiger partial charge in [0.2, 0.25) is 5.69 Å². The van der Waals surface area contributed by atoms with Crippen LogP contribution in [0.3, 0.4) is 0 Å². The molecule has 20 heavy (non-hydrogen) atoms. The van der Waals surface area contributed by atoms with Crippen molar-refractivity contribution in [2.75, 3.05) is 0 Å². The molecule has 0 atom stereocenters. The second-order valence-corrected chi connectivity index (χ2v) is 5.06. The van der Waals surface area contributed by atoms with Gasteiger partial charge in [0.15, 0.2) is 6.20 Å². The van der Waals surface area contributed by atoms with Crippen molar-refractivity contribution in [1.29, 1.82) is 0 Å². The smallest absolute Gasteiger partial charge is 0.201 e. The van der Waals surface area contributed by atoms with Gasteiger partial charge in [-0.1, -0.05) is 42.5 Å². The van der Waals surface area contributed by atoms with Gasteiger partial charge in [-0.25, -0.2) is 4.57 Å². The van der Waals surface area contributed by atoms with Gasteiger partial charge in [0.05, 0.1) is 5.56 Å². The van der Waals surface area contributed by atoms with E-state index in [9.17, 15) is 0 Å². The minimum atomic E-state index is 1.23. The lowest BCUT2D eigenvalue weighted by molar-refractivity contribution is -0.660. The molecule has 0 aliphatic rings. The first kappa shape index (κ1) is 12.6. The Labute approximate surface area is 120 Å². The van der Waals surface area contributed by atoms with Crippen molar-refractivity contribution >= 4 is 0 Å². The number of hydrogen-bond acceptors (Lipinski definition) is 0. The van der Waals surface area contributed by atoms with Crippen LogP contribution in [0.25, 0.3) is 22.4 Å². The molecule has 0 unspecified atom stereocenters. The quantitative estimate of drug-likeness (QED) is 0.609. The van der Waals surface area contributed by atoms with Gasteiger partial charge in [0.1, 0.15) is 7.05 Å². The second kappa shape index (κ2) is 5.30. The maximum atomic E-state index is 2.20. The highest BCUT2D eigenvalue weighted by Gasteiger charge is 2.14. The fourth-order valence-corrected chi connectivity index (χ4v) is 2.62. The minimum Gasteiger partial charge on any atom is -0.201 e. The van der Waals surface area contributed by atoms with Crippen LogP contribution in [0.5, 0.6) is 0 Å². The Bertz CT molecular complexity index is 680. The minimum absolute atomic E-state index is 1.23. The van der Waals surface area contributed by atoms with Crippen LogP contribution in [0.4, 0.5) is 0 Å². The Balaban J connectivity index is 2.25. The summed E-state index contributed by atoms with van der Waals surface area (Å²) in [6.45, 7) is 2.16. The van der Waals surface area contributed by atoms with Crippen LogP contribution >= 0.6 is 0 Å². The number of hydrogen-bond donors (Lipinski definition) is 0. The third kappa shape index (κ3) is 2.23. The predicted molar refractivity (Wildman–Crippen MR) is 83.2 cm³/mol. The van der Waals surface area contributed by atoms with Crippen molar-refractivity contribution in [2.45, 2.75) is 6.92 Å². The molecule has 3 rings (SSSR count). The zero-order chi connectivity index (χ0) is 13.9. The van der Waals surface area contributed by atoms with E-state index in [-0.39, 0.29) is 0 Å². The summed E-state index contributed by atoms with van der Waals surface area (Å²) in [7, 11) is 2.09. The van der Waals surface area contributed by atoms with Crippen molar-refractivity contribution in [3.8, 4) is 22.4 Å². The van der Waals surface area contributed by atoms with Crippen molar-refractivity contribution in [3.63, 3.8) is 0 Å². The molecule has 0 N–H and O–H groups in total. The Morgan fingerprint density at radius 3 is 1.95 bits per heavy atom. The zero-order valence-corrected chi connectivity index (χ0v) is 11.9. The zero-order valence-electron chi connectivity index (χ0n) is 11.9. The molecular formula is C19H18N+. The third-order valence-electron chi connectivity index (χ3n) is 3.69. The van der Waals surface area contributed by atoms with E-state index in [1.54, 1.807) is 0 Å². The molecule has 1 heteroatoms. The van der Waals surface area contributed by atoms with Crippen LogP contribution in [-0.4, -0.2) is 0 Å². The van der Waals surface area contributed by atoms with Gasteiger partial charge in [-0.3, -0.25) is 0 Å². The van der Waals surface area contributed by atoms with E-state index < -0.39 is 0 Å². The summed E-state index contributed by atoms with van der Waals surface area (Å²) in [5.41, 5.74) is 6.38.